The van der Waals surface area contributed by atoms with Gasteiger partial charge >= 0.3 is 11.8 Å². The van der Waals surface area contributed by atoms with Crippen molar-refractivity contribution in [1.82, 2.24) is 9.55 Å². The van der Waals surface area contributed by atoms with Crippen molar-refractivity contribution in [1.29, 1.82) is 0 Å². The van der Waals surface area contributed by atoms with Crippen molar-refractivity contribution in [2.75, 3.05) is 12.8 Å². The Hall–Kier alpha value is -2.16. The monoisotopic (exact) mass is 273 g/mol. The molecule has 8 nitrogen and oxygen atoms in total. The molecular formula is C10H12FN3O5. The van der Waals surface area contributed by atoms with E-state index in [9.17, 15) is 14.0 Å². The molecule has 2 heterocycles. The smallest absolute Gasteiger partial charge is 0.422 e. The van der Waals surface area contributed by atoms with Crippen LogP contribution in [-0.4, -0.2) is 35.0 Å². The lowest BCUT2D eigenvalue weighted by Gasteiger charge is -2.21. The van der Waals surface area contributed by atoms with E-state index in [1.54, 1.807) is 6.92 Å². The van der Waals surface area contributed by atoms with Crippen LogP contribution in [0.4, 0.5) is 15.0 Å². The standard InChI is InChI=1S/C10H12FN3O5/c1-4(17-2)6-8(19-10(16)18-6)14-3-5(11)7(12)13-9(14)15/h3-4,6,8H,1-2H3,(H2,12,13,15)/t4?,6-,8-/m1/s1. The molecule has 1 saturated heterocycles. The number of hydrogen-bond donors (Lipinski definition) is 1. The molecule has 0 bridgehead atoms. The van der Waals surface area contributed by atoms with E-state index in [0.29, 0.717) is 0 Å². The fourth-order valence-corrected chi connectivity index (χ4v) is 1.68. The maximum Gasteiger partial charge on any atom is 0.510 e. The summed E-state index contributed by atoms with van der Waals surface area (Å²) in [5.74, 6) is -1.42. The number of halogens is 1. The number of carbonyl (C=O) groups is 1. The lowest BCUT2D eigenvalue weighted by molar-refractivity contribution is -0.0252. The minimum Gasteiger partial charge on any atom is -0.422 e. The Morgan fingerprint density at radius 3 is 2.84 bits per heavy atom. The molecule has 1 unspecified atom stereocenters. The summed E-state index contributed by atoms with van der Waals surface area (Å²) >= 11 is 0. The van der Waals surface area contributed by atoms with Gasteiger partial charge in [0.25, 0.3) is 0 Å². The predicted molar refractivity (Wildman–Crippen MR) is 59.7 cm³/mol. The second kappa shape index (κ2) is 4.84. The normalized spacial score (nSPS) is 23.8. The van der Waals surface area contributed by atoms with Crippen molar-refractivity contribution < 1.29 is 23.4 Å². The van der Waals surface area contributed by atoms with Gasteiger partial charge in [-0.15, -0.1) is 0 Å². The molecule has 0 amide bonds. The Balaban J connectivity index is 2.42. The van der Waals surface area contributed by atoms with Crippen LogP contribution in [0.2, 0.25) is 0 Å². The number of carbonyl (C=O) groups excluding carboxylic acids is 1. The maximum absolute atomic E-state index is 13.4. The van der Waals surface area contributed by atoms with Gasteiger partial charge < -0.3 is 19.9 Å². The molecule has 0 radical (unpaired) electrons. The number of cyclic esters (lactones) is 2. The Morgan fingerprint density at radius 2 is 2.21 bits per heavy atom. The second-order valence-electron chi connectivity index (χ2n) is 3.95. The number of aromatic nitrogens is 2. The molecule has 2 N–H and O–H groups in total. The van der Waals surface area contributed by atoms with Crippen molar-refractivity contribution >= 4 is 12.0 Å². The van der Waals surface area contributed by atoms with Crippen molar-refractivity contribution in [3.8, 4) is 0 Å². The molecule has 19 heavy (non-hydrogen) atoms. The van der Waals surface area contributed by atoms with Gasteiger partial charge in [-0.3, -0.25) is 4.57 Å². The highest BCUT2D eigenvalue weighted by molar-refractivity contribution is 5.62. The zero-order valence-corrected chi connectivity index (χ0v) is 10.2. The summed E-state index contributed by atoms with van der Waals surface area (Å²) in [5.41, 5.74) is 4.32. The lowest BCUT2D eigenvalue weighted by Crippen LogP contribution is -2.38. The van der Waals surface area contributed by atoms with E-state index in [0.717, 1.165) is 10.8 Å². The van der Waals surface area contributed by atoms with Crippen molar-refractivity contribution in [2.45, 2.75) is 25.4 Å². The first-order valence-corrected chi connectivity index (χ1v) is 5.38. The highest BCUT2D eigenvalue weighted by Gasteiger charge is 2.42. The summed E-state index contributed by atoms with van der Waals surface area (Å²) in [6.45, 7) is 1.62. The highest BCUT2D eigenvalue weighted by atomic mass is 19.1. The van der Waals surface area contributed by atoms with Gasteiger partial charge in [-0.1, -0.05) is 0 Å². The average Bonchev–Trinajstić information content (AvgIpc) is 2.74. The molecule has 1 fully saturated rings. The summed E-state index contributed by atoms with van der Waals surface area (Å²) in [6.07, 6.45) is -2.75. The average molecular weight is 273 g/mol. The molecule has 0 spiro atoms. The van der Waals surface area contributed by atoms with Crippen LogP contribution in [0.15, 0.2) is 11.0 Å². The van der Waals surface area contributed by atoms with Crippen LogP contribution in [0.25, 0.3) is 0 Å². The minimum atomic E-state index is -1.16. The predicted octanol–water partition coefficient (Wildman–Crippen LogP) is 0.0335. The fraction of sp³-hybridized carbons (Fsp3) is 0.500. The fourth-order valence-electron chi connectivity index (χ4n) is 1.68. The van der Waals surface area contributed by atoms with Crippen molar-refractivity contribution in [2.24, 2.45) is 0 Å². The summed E-state index contributed by atoms with van der Waals surface area (Å²) in [4.78, 5) is 26.1. The molecular weight excluding hydrogens is 261 g/mol. The van der Waals surface area contributed by atoms with Crippen LogP contribution in [-0.2, 0) is 14.2 Å². The van der Waals surface area contributed by atoms with Gasteiger partial charge in [0.15, 0.2) is 17.7 Å². The number of rotatable bonds is 3. The van der Waals surface area contributed by atoms with E-state index in [1.165, 1.54) is 7.11 Å². The molecule has 1 aliphatic heterocycles. The molecule has 1 aromatic heterocycles. The zero-order chi connectivity index (χ0) is 14.2. The Bertz CT molecular complexity index is 561. The van der Waals surface area contributed by atoms with Crippen molar-refractivity contribution in [3.05, 3.63) is 22.5 Å². The van der Waals surface area contributed by atoms with Gasteiger partial charge in [-0.25, -0.2) is 14.0 Å². The summed E-state index contributed by atoms with van der Waals surface area (Å²) in [6, 6.07) is 0. The molecule has 3 atom stereocenters. The number of anilines is 1. The van der Waals surface area contributed by atoms with Crippen LogP contribution < -0.4 is 11.4 Å². The van der Waals surface area contributed by atoms with Crippen LogP contribution in [0, 0.1) is 5.82 Å². The number of methoxy groups -OCH3 is 1. The molecule has 104 valence electrons. The van der Waals surface area contributed by atoms with E-state index in [2.05, 4.69) is 4.98 Å². The molecule has 0 aliphatic carbocycles. The van der Waals surface area contributed by atoms with Gasteiger partial charge in [0.1, 0.15) is 0 Å². The van der Waals surface area contributed by atoms with E-state index >= 15 is 0 Å². The molecule has 1 aliphatic rings. The van der Waals surface area contributed by atoms with E-state index in [-0.39, 0.29) is 0 Å². The number of nitrogens with zero attached hydrogens (tertiary/aromatic N) is 2. The number of nitrogens with two attached hydrogens (primary N) is 1. The Morgan fingerprint density at radius 1 is 1.53 bits per heavy atom. The Kier molecular flexibility index (Phi) is 3.38. The summed E-state index contributed by atoms with van der Waals surface area (Å²) in [5, 5.41) is 0. The molecule has 2 rings (SSSR count). The Labute approximate surface area is 106 Å². The minimum absolute atomic E-state index is 0.525. The third-order valence-electron chi connectivity index (χ3n) is 2.77. The first kappa shape index (κ1) is 13.3. The van der Waals surface area contributed by atoms with Gasteiger partial charge in [0, 0.05) is 7.11 Å². The molecule has 0 saturated carbocycles. The topological polar surface area (TPSA) is 106 Å². The highest BCUT2D eigenvalue weighted by Crippen LogP contribution is 2.27. The maximum atomic E-state index is 13.4. The molecule has 1 aromatic rings. The molecule has 0 aromatic carbocycles. The van der Waals surface area contributed by atoms with E-state index < -0.39 is 41.9 Å². The lowest BCUT2D eigenvalue weighted by atomic mass is 10.2. The number of hydrogen-bond acceptors (Lipinski definition) is 7. The zero-order valence-electron chi connectivity index (χ0n) is 10.2. The molecule has 9 heteroatoms. The second-order valence-corrected chi connectivity index (χ2v) is 3.95. The number of nitrogen functional groups attached to an aromatic ring is 1. The van der Waals surface area contributed by atoms with Gasteiger partial charge in [-0.05, 0) is 6.92 Å². The summed E-state index contributed by atoms with van der Waals surface area (Å²) in [7, 11) is 1.40. The van der Waals surface area contributed by atoms with Crippen LogP contribution >= 0.6 is 0 Å². The largest absolute Gasteiger partial charge is 0.510 e. The first-order valence-electron chi connectivity index (χ1n) is 5.38. The first-order chi connectivity index (χ1) is 8.93. The van der Waals surface area contributed by atoms with Gasteiger partial charge in [0.05, 0.1) is 12.3 Å². The van der Waals surface area contributed by atoms with E-state index in [4.69, 9.17) is 19.9 Å². The third kappa shape index (κ3) is 2.36. The van der Waals surface area contributed by atoms with Crippen LogP contribution in [0.1, 0.15) is 13.2 Å². The van der Waals surface area contributed by atoms with Crippen molar-refractivity contribution in [3.63, 3.8) is 0 Å². The van der Waals surface area contributed by atoms with Crippen LogP contribution in [0.5, 0.6) is 0 Å². The van der Waals surface area contributed by atoms with Gasteiger partial charge in [-0.2, -0.15) is 4.98 Å². The van der Waals surface area contributed by atoms with Gasteiger partial charge in [0.2, 0.25) is 6.23 Å². The van der Waals surface area contributed by atoms with E-state index in [1.807, 2.05) is 0 Å². The quantitative estimate of drug-likeness (QED) is 0.774. The SMILES string of the molecule is COC(C)[C@H]1OC(=O)O[C@H]1n1cc(F)c(N)nc1=O. The third-order valence-corrected chi connectivity index (χ3v) is 2.77. The summed E-state index contributed by atoms with van der Waals surface area (Å²) < 4.78 is 28.9. The van der Waals surface area contributed by atoms with Crippen LogP contribution in [0.3, 0.4) is 0 Å². The number of ether oxygens (including phenoxy) is 3.